The Bertz CT molecular complexity index is 269. The summed E-state index contributed by atoms with van der Waals surface area (Å²) in [4.78, 5) is 24.2. The summed E-state index contributed by atoms with van der Waals surface area (Å²) < 4.78 is 0. The number of nitro groups is 1. The average molecular weight is 187 g/mol. The van der Waals surface area contributed by atoms with E-state index in [-0.39, 0.29) is 12.4 Å². The third kappa shape index (κ3) is 5.36. The smallest absolute Gasteiger partial charge is 0.432 e. The van der Waals surface area contributed by atoms with Gasteiger partial charge in [-0.3, -0.25) is 4.79 Å². The van der Waals surface area contributed by atoms with Crippen LogP contribution in [0.25, 0.3) is 0 Å². The first-order valence-corrected chi connectivity index (χ1v) is 3.43. The highest BCUT2D eigenvalue weighted by Gasteiger charge is 2.01. The highest BCUT2D eigenvalue weighted by atomic mass is 16.6. The second-order valence-corrected chi connectivity index (χ2v) is 1.92. The molecular formula is C6H9N3O4. The summed E-state index contributed by atoms with van der Waals surface area (Å²) in [6, 6.07) is 0. The molecule has 72 valence electrons. The Hall–Kier alpha value is -1.92. The van der Waals surface area contributed by atoms with Crippen LogP contribution in [0, 0.1) is 10.1 Å². The molecule has 1 aromatic rings. The number of carbonyl (C=O) groups is 1. The first-order valence-electron chi connectivity index (χ1n) is 3.43. The van der Waals surface area contributed by atoms with Crippen molar-refractivity contribution in [3.63, 3.8) is 0 Å². The van der Waals surface area contributed by atoms with Crippen molar-refractivity contribution in [1.82, 2.24) is 9.97 Å². The summed E-state index contributed by atoms with van der Waals surface area (Å²) in [5, 5.41) is 17.5. The topological polar surface area (TPSA) is 109 Å². The van der Waals surface area contributed by atoms with Crippen molar-refractivity contribution in [2.24, 2.45) is 0 Å². The Morgan fingerprint density at radius 3 is 2.54 bits per heavy atom. The number of H-pyrrole nitrogens is 1. The Morgan fingerprint density at radius 2 is 2.38 bits per heavy atom. The van der Waals surface area contributed by atoms with Crippen molar-refractivity contribution < 1.29 is 14.8 Å². The largest absolute Gasteiger partial charge is 0.481 e. The quantitative estimate of drug-likeness (QED) is 0.525. The lowest BCUT2D eigenvalue weighted by atomic mass is 10.5. The van der Waals surface area contributed by atoms with E-state index in [9.17, 15) is 14.9 Å². The van der Waals surface area contributed by atoms with E-state index in [0.717, 1.165) is 0 Å². The normalized spacial score (nSPS) is 8.38. The predicted molar refractivity (Wildman–Crippen MR) is 43.2 cm³/mol. The van der Waals surface area contributed by atoms with Gasteiger partial charge in [0.05, 0.1) is 6.20 Å². The lowest BCUT2D eigenvalue weighted by Gasteiger charge is -1.83. The number of hydrogen-bond donors (Lipinski definition) is 2. The number of nitrogens with zero attached hydrogens (tertiary/aromatic N) is 2. The van der Waals surface area contributed by atoms with Gasteiger partial charge in [-0.25, -0.2) is 4.98 Å². The van der Waals surface area contributed by atoms with Crippen LogP contribution in [0.4, 0.5) is 5.95 Å². The molecule has 13 heavy (non-hydrogen) atoms. The fraction of sp³-hybridized carbons (Fsp3) is 0.333. The summed E-state index contributed by atoms with van der Waals surface area (Å²) in [7, 11) is 0. The molecular weight excluding hydrogens is 178 g/mol. The first kappa shape index (κ1) is 11.1. The van der Waals surface area contributed by atoms with Gasteiger partial charge in [-0.05, 0) is 4.92 Å². The molecule has 1 heterocycles. The second-order valence-electron chi connectivity index (χ2n) is 1.92. The van der Waals surface area contributed by atoms with Crippen LogP contribution in [0.15, 0.2) is 12.4 Å². The standard InChI is InChI=1S/C3H3N3O2.C3H6O2/c7-6(8)3-4-1-2-5-3;1-2-3(4)5/h1-2H,(H,4,5);2H2,1H3,(H,4,5). The molecule has 2 N–H and O–H groups in total. The molecule has 0 radical (unpaired) electrons. The molecule has 0 aliphatic carbocycles. The summed E-state index contributed by atoms with van der Waals surface area (Å²) in [5.41, 5.74) is 0. The van der Waals surface area contributed by atoms with Gasteiger partial charge in [-0.2, -0.15) is 0 Å². The second kappa shape index (κ2) is 5.70. The van der Waals surface area contributed by atoms with Gasteiger partial charge in [0.2, 0.25) is 0 Å². The summed E-state index contributed by atoms with van der Waals surface area (Å²) in [5.74, 6) is -0.963. The summed E-state index contributed by atoms with van der Waals surface area (Å²) in [6.07, 6.45) is 2.95. The van der Waals surface area contributed by atoms with Gasteiger partial charge in [0.1, 0.15) is 6.20 Å². The number of aromatic amines is 1. The zero-order chi connectivity index (χ0) is 10.3. The molecule has 0 bridgehead atoms. The van der Waals surface area contributed by atoms with E-state index in [1.165, 1.54) is 12.4 Å². The van der Waals surface area contributed by atoms with Crippen LogP contribution in [-0.4, -0.2) is 26.0 Å². The maximum absolute atomic E-state index is 9.77. The van der Waals surface area contributed by atoms with E-state index in [0.29, 0.717) is 0 Å². The number of carboxylic acid groups (broad SMARTS) is 1. The van der Waals surface area contributed by atoms with Crippen LogP contribution < -0.4 is 0 Å². The van der Waals surface area contributed by atoms with Crippen LogP contribution in [0.3, 0.4) is 0 Å². The third-order valence-corrected chi connectivity index (χ3v) is 0.959. The van der Waals surface area contributed by atoms with Crippen LogP contribution in [0.2, 0.25) is 0 Å². The molecule has 0 aromatic carbocycles. The van der Waals surface area contributed by atoms with Crippen molar-refractivity contribution >= 4 is 11.9 Å². The number of carboxylic acids is 1. The van der Waals surface area contributed by atoms with E-state index in [1.807, 2.05) is 0 Å². The van der Waals surface area contributed by atoms with E-state index in [1.54, 1.807) is 6.92 Å². The lowest BCUT2D eigenvalue weighted by Crippen LogP contribution is -1.88. The molecule has 0 unspecified atom stereocenters. The predicted octanol–water partition coefficient (Wildman–Crippen LogP) is 0.799. The Kier molecular flexibility index (Phi) is 4.85. The molecule has 0 spiro atoms. The zero-order valence-electron chi connectivity index (χ0n) is 6.93. The number of imidazole rings is 1. The van der Waals surface area contributed by atoms with E-state index in [2.05, 4.69) is 9.97 Å². The number of nitrogens with one attached hydrogen (secondary N) is 1. The highest BCUT2D eigenvalue weighted by Crippen LogP contribution is 1.96. The van der Waals surface area contributed by atoms with Crippen LogP contribution in [0.5, 0.6) is 0 Å². The van der Waals surface area contributed by atoms with Gasteiger partial charge in [0.15, 0.2) is 0 Å². The van der Waals surface area contributed by atoms with Crippen molar-refractivity contribution in [1.29, 1.82) is 0 Å². The van der Waals surface area contributed by atoms with Gasteiger partial charge in [-0.1, -0.05) is 11.9 Å². The molecule has 0 amide bonds. The minimum absolute atomic E-state index is 0.218. The van der Waals surface area contributed by atoms with Crippen LogP contribution in [-0.2, 0) is 4.79 Å². The Labute approximate surface area is 73.6 Å². The molecule has 0 fully saturated rings. The van der Waals surface area contributed by atoms with Crippen molar-refractivity contribution in [3.05, 3.63) is 22.5 Å². The van der Waals surface area contributed by atoms with Gasteiger partial charge in [0.25, 0.3) is 0 Å². The van der Waals surface area contributed by atoms with Crippen molar-refractivity contribution in [2.75, 3.05) is 0 Å². The van der Waals surface area contributed by atoms with Gasteiger partial charge in [0, 0.05) is 6.42 Å². The molecule has 7 nitrogen and oxygen atoms in total. The van der Waals surface area contributed by atoms with Crippen molar-refractivity contribution in [2.45, 2.75) is 13.3 Å². The molecule has 7 heteroatoms. The average Bonchev–Trinajstić information content (AvgIpc) is 2.57. The van der Waals surface area contributed by atoms with Gasteiger partial charge in [-0.15, -0.1) is 0 Å². The fourth-order valence-corrected chi connectivity index (χ4v) is 0.357. The number of aromatic nitrogens is 2. The summed E-state index contributed by atoms with van der Waals surface area (Å²) >= 11 is 0. The van der Waals surface area contributed by atoms with Crippen molar-refractivity contribution in [3.8, 4) is 0 Å². The fourth-order valence-electron chi connectivity index (χ4n) is 0.357. The molecule has 0 atom stereocenters. The number of hydrogen-bond acceptors (Lipinski definition) is 4. The van der Waals surface area contributed by atoms with Crippen LogP contribution >= 0.6 is 0 Å². The molecule has 0 aliphatic rings. The Morgan fingerprint density at radius 1 is 1.85 bits per heavy atom. The van der Waals surface area contributed by atoms with Crippen LogP contribution in [0.1, 0.15) is 13.3 Å². The van der Waals surface area contributed by atoms with E-state index in [4.69, 9.17) is 5.11 Å². The first-order chi connectivity index (χ1) is 6.07. The molecule has 1 aromatic heterocycles. The van der Waals surface area contributed by atoms with Gasteiger partial charge < -0.3 is 15.2 Å². The SMILES string of the molecule is CCC(=O)O.O=[N+]([O-])c1ncc[nH]1. The van der Waals surface area contributed by atoms with Gasteiger partial charge >= 0.3 is 11.9 Å². The Balaban J connectivity index is 0.000000252. The molecule has 0 saturated heterocycles. The minimum atomic E-state index is -0.745. The molecule has 0 saturated carbocycles. The van der Waals surface area contributed by atoms with E-state index < -0.39 is 10.9 Å². The maximum atomic E-state index is 9.77. The minimum Gasteiger partial charge on any atom is -0.481 e. The van der Waals surface area contributed by atoms with E-state index >= 15 is 0 Å². The lowest BCUT2D eigenvalue weighted by molar-refractivity contribution is -0.393. The monoisotopic (exact) mass is 187 g/mol. The summed E-state index contributed by atoms with van der Waals surface area (Å²) in [6.45, 7) is 1.60. The maximum Gasteiger partial charge on any atom is 0.432 e. The number of rotatable bonds is 2. The molecule has 0 aliphatic heterocycles. The number of aliphatic carboxylic acids is 1. The zero-order valence-corrected chi connectivity index (χ0v) is 6.93. The third-order valence-electron chi connectivity index (χ3n) is 0.959. The molecule has 1 rings (SSSR count). The highest BCUT2D eigenvalue weighted by molar-refractivity contribution is 5.66.